The Labute approximate surface area is 205 Å². The largest absolute Gasteiger partial charge is 0.416 e. The molecule has 10 heteroatoms. The van der Waals surface area contributed by atoms with Gasteiger partial charge in [0.15, 0.2) is 0 Å². The second-order valence-electron chi connectivity index (χ2n) is 8.80. The van der Waals surface area contributed by atoms with Gasteiger partial charge in [-0.3, -0.25) is 14.8 Å². The first kappa shape index (κ1) is 23.5. The van der Waals surface area contributed by atoms with E-state index in [1.807, 2.05) is 4.90 Å². The van der Waals surface area contributed by atoms with Gasteiger partial charge in [-0.05, 0) is 31.0 Å². The van der Waals surface area contributed by atoms with Gasteiger partial charge in [0.1, 0.15) is 11.5 Å². The highest BCUT2D eigenvalue weighted by Crippen LogP contribution is 2.36. The number of hydrogen-bond acceptors (Lipinski definition) is 5. The molecule has 1 aliphatic carbocycles. The molecule has 0 N–H and O–H groups in total. The molecule has 0 spiro atoms. The van der Waals surface area contributed by atoms with Gasteiger partial charge >= 0.3 is 6.18 Å². The summed E-state index contributed by atoms with van der Waals surface area (Å²) in [5.74, 6) is 1.04. The van der Waals surface area contributed by atoms with E-state index in [1.54, 1.807) is 18.5 Å². The molecule has 3 heterocycles. The quantitative estimate of drug-likeness (QED) is 0.484. The number of benzene rings is 1. The standard InChI is InChI=1S/C25H23ClF3N5O/c26-20-14-30-9-8-19(20)23-22(16-4-6-18(7-5-16)25(27,28)29)31-15-21(32-23)33-10-12-34(13-11-33)24(35)17-2-1-3-17/h4-9,14-15,17H,1-3,10-13H2. The van der Waals surface area contributed by atoms with Crippen molar-refractivity contribution in [1.29, 1.82) is 0 Å². The zero-order valence-electron chi connectivity index (χ0n) is 18.8. The predicted octanol–water partition coefficient (Wildman–Crippen LogP) is 5.33. The molecule has 2 fully saturated rings. The van der Waals surface area contributed by atoms with Crippen molar-refractivity contribution >= 4 is 23.3 Å². The van der Waals surface area contributed by atoms with Crippen LogP contribution in [-0.2, 0) is 11.0 Å². The number of nitrogens with zero attached hydrogens (tertiary/aromatic N) is 5. The Kier molecular flexibility index (Phi) is 6.35. The monoisotopic (exact) mass is 501 g/mol. The van der Waals surface area contributed by atoms with Gasteiger partial charge in [0.25, 0.3) is 0 Å². The van der Waals surface area contributed by atoms with Crippen molar-refractivity contribution in [3.63, 3.8) is 0 Å². The van der Waals surface area contributed by atoms with Crippen LogP contribution >= 0.6 is 11.6 Å². The maximum atomic E-state index is 13.0. The number of hydrogen-bond donors (Lipinski definition) is 0. The van der Waals surface area contributed by atoms with Gasteiger partial charge in [-0.25, -0.2) is 4.98 Å². The number of rotatable bonds is 4. The number of pyridine rings is 1. The summed E-state index contributed by atoms with van der Waals surface area (Å²) in [6, 6.07) is 6.53. The van der Waals surface area contributed by atoms with Crippen molar-refractivity contribution < 1.29 is 18.0 Å². The maximum Gasteiger partial charge on any atom is 0.416 e. The lowest BCUT2D eigenvalue weighted by molar-refractivity contribution is -0.138. The van der Waals surface area contributed by atoms with Crippen LogP contribution < -0.4 is 4.90 Å². The zero-order valence-corrected chi connectivity index (χ0v) is 19.6. The Balaban J connectivity index is 1.45. The summed E-state index contributed by atoms with van der Waals surface area (Å²) in [5, 5.41) is 0.364. The number of carbonyl (C=O) groups is 1. The topological polar surface area (TPSA) is 62.2 Å². The molecule has 0 radical (unpaired) electrons. The van der Waals surface area contributed by atoms with E-state index in [0.29, 0.717) is 59.5 Å². The number of anilines is 1. The van der Waals surface area contributed by atoms with E-state index in [0.717, 1.165) is 31.4 Å². The van der Waals surface area contributed by atoms with Crippen molar-refractivity contribution in [2.24, 2.45) is 5.92 Å². The second kappa shape index (κ2) is 9.45. The molecule has 2 aliphatic rings. The molecule has 35 heavy (non-hydrogen) atoms. The lowest BCUT2D eigenvalue weighted by Crippen LogP contribution is -2.51. The zero-order chi connectivity index (χ0) is 24.6. The SMILES string of the molecule is O=C(C1CCC1)N1CCN(c2cnc(-c3ccc(C(F)(F)F)cc3)c(-c3ccncc3Cl)n2)CC1. The van der Waals surface area contributed by atoms with E-state index in [-0.39, 0.29) is 11.8 Å². The van der Waals surface area contributed by atoms with Crippen LogP contribution in [0.4, 0.5) is 19.0 Å². The molecule has 182 valence electrons. The molecule has 3 aromatic rings. The maximum absolute atomic E-state index is 13.0. The van der Waals surface area contributed by atoms with E-state index in [9.17, 15) is 18.0 Å². The van der Waals surface area contributed by atoms with Crippen molar-refractivity contribution in [3.05, 3.63) is 59.5 Å². The summed E-state index contributed by atoms with van der Waals surface area (Å²) >= 11 is 6.41. The minimum absolute atomic E-state index is 0.171. The average molecular weight is 502 g/mol. The van der Waals surface area contributed by atoms with Crippen LogP contribution in [0.2, 0.25) is 5.02 Å². The summed E-state index contributed by atoms with van der Waals surface area (Å²) in [6.45, 7) is 2.47. The van der Waals surface area contributed by atoms with Crippen LogP contribution in [0, 0.1) is 5.92 Å². The Morgan fingerprint density at radius 2 is 1.69 bits per heavy atom. The number of alkyl halides is 3. The van der Waals surface area contributed by atoms with Crippen molar-refractivity contribution in [3.8, 4) is 22.5 Å². The third-order valence-electron chi connectivity index (χ3n) is 6.64. The first-order valence-electron chi connectivity index (χ1n) is 11.5. The summed E-state index contributed by atoms with van der Waals surface area (Å²) < 4.78 is 39.1. The molecule has 1 saturated carbocycles. The summed E-state index contributed by atoms with van der Waals surface area (Å²) in [5.41, 5.74) is 1.24. The number of aromatic nitrogens is 3. The summed E-state index contributed by atoms with van der Waals surface area (Å²) in [6.07, 6.45) is 3.35. The van der Waals surface area contributed by atoms with E-state index in [1.165, 1.54) is 18.3 Å². The number of amides is 1. The molecule has 1 saturated heterocycles. The Morgan fingerprint density at radius 1 is 0.971 bits per heavy atom. The van der Waals surface area contributed by atoms with Gasteiger partial charge in [0.2, 0.25) is 5.91 Å². The molecule has 1 amide bonds. The molecule has 1 aliphatic heterocycles. The predicted molar refractivity (Wildman–Crippen MR) is 127 cm³/mol. The molecular weight excluding hydrogens is 479 g/mol. The van der Waals surface area contributed by atoms with E-state index >= 15 is 0 Å². The van der Waals surface area contributed by atoms with Crippen molar-refractivity contribution in [2.45, 2.75) is 25.4 Å². The van der Waals surface area contributed by atoms with Gasteiger partial charge < -0.3 is 9.80 Å². The normalized spacial score (nSPS) is 16.8. The van der Waals surface area contributed by atoms with Gasteiger partial charge in [0.05, 0.1) is 22.5 Å². The van der Waals surface area contributed by atoms with Crippen molar-refractivity contribution in [1.82, 2.24) is 19.9 Å². The molecule has 1 aromatic carbocycles. The lowest BCUT2D eigenvalue weighted by Gasteiger charge is -2.38. The minimum atomic E-state index is -4.42. The molecule has 0 unspecified atom stereocenters. The smallest absolute Gasteiger partial charge is 0.352 e. The van der Waals surface area contributed by atoms with Gasteiger partial charge in [-0.15, -0.1) is 0 Å². The molecule has 2 aromatic heterocycles. The highest BCUT2D eigenvalue weighted by Gasteiger charge is 2.32. The summed E-state index contributed by atoms with van der Waals surface area (Å²) in [4.78, 5) is 30.0. The van der Waals surface area contributed by atoms with E-state index < -0.39 is 11.7 Å². The Hall–Kier alpha value is -3.20. The van der Waals surface area contributed by atoms with Crippen LogP contribution in [0.15, 0.2) is 48.9 Å². The third-order valence-corrected chi connectivity index (χ3v) is 6.94. The van der Waals surface area contributed by atoms with Gasteiger partial charge in [-0.1, -0.05) is 30.2 Å². The molecule has 0 atom stereocenters. The first-order valence-corrected chi connectivity index (χ1v) is 11.9. The van der Waals surface area contributed by atoms with Crippen LogP contribution in [0.5, 0.6) is 0 Å². The fourth-order valence-electron chi connectivity index (χ4n) is 4.38. The second-order valence-corrected chi connectivity index (χ2v) is 9.20. The lowest BCUT2D eigenvalue weighted by atomic mass is 9.84. The highest BCUT2D eigenvalue weighted by atomic mass is 35.5. The Morgan fingerprint density at radius 3 is 2.29 bits per heavy atom. The number of piperazine rings is 1. The minimum Gasteiger partial charge on any atom is -0.352 e. The molecule has 6 nitrogen and oxygen atoms in total. The van der Waals surface area contributed by atoms with Crippen molar-refractivity contribution in [2.75, 3.05) is 31.1 Å². The third kappa shape index (κ3) is 4.82. The van der Waals surface area contributed by atoms with Crippen LogP contribution in [-0.4, -0.2) is 51.9 Å². The first-order chi connectivity index (χ1) is 16.8. The van der Waals surface area contributed by atoms with Crippen LogP contribution in [0.25, 0.3) is 22.5 Å². The van der Waals surface area contributed by atoms with E-state index in [2.05, 4.69) is 14.9 Å². The Bertz CT molecular complexity index is 1220. The fourth-order valence-corrected chi connectivity index (χ4v) is 4.59. The molecule has 5 rings (SSSR count). The van der Waals surface area contributed by atoms with Gasteiger partial charge in [-0.2, -0.15) is 13.2 Å². The molecular formula is C25H23ClF3N5O. The summed E-state index contributed by atoms with van der Waals surface area (Å²) in [7, 11) is 0. The number of halogens is 4. The average Bonchev–Trinajstić information content (AvgIpc) is 2.83. The van der Waals surface area contributed by atoms with Crippen LogP contribution in [0.3, 0.4) is 0 Å². The van der Waals surface area contributed by atoms with Crippen LogP contribution in [0.1, 0.15) is 24.8 Å². The van der Waals surface area contributed by atoms with Gasteiger partial charge in [0, 0.05) is 55.6 Å². The van der Waals surface area contributed by atoms with E-state index in [4.69, 9.17) is 16.6 Å². The highest BCUT2D eigenvalue weighted by molar-refractivity contribution is 6.33. The number of carbonyl (C=O) groups excluding carboxylic acids is 1. The fraction of sp³-hybridized carbons (Fsp3) is 0.360. The molecule has 0 bridgehead atoms.